The Hall–Kier alpha value is -1.44. The third kappa shape index (κ3) is 2.00. The summed E-state index contributed by atoms with van der Waals surface area (Å²) in [5.41, 5.74) is 1.74. The number of aldehydes is 1. The van der Waals surface area contributed by atoms with E-state index < -0.39 is 0 Å². The lowest BCUT2D eigenvalue weighted by molar-refractivity contribution is 0.112. The molecule has 2 heteroatoms. The molecule has 1 aromatic rings. The van der Waals surface area contributed by atoms with Crippen LogP contribution >= 0.6 is 0 Å². The topological polar surface area (TPSA) is 40.9 Å². The van der Waals surface area contributed by atoms with Crippen LogP contribution in [0.25, 0.3) is 0 Å². The minimum atomic E-state index is 0.638. The van der Waals surface area contributed by atoms with Gasteiger partial charge in [0, 0.05) is 12.0 Å². The van der Waals surface area contributed by atoms with Crippen LogP contribution in [0.4, 0.5) is 0 Å². The summed E-state index contributed by atoms with van der Waals surface area (Å²) < 4.78 is 0. The Balaban J connectivity index is 2.81. The van der Waals surface area contributed by atoms with Gasteiger partial charge in [0.05, 0.1) is 0 Å². The molecule has 1 aromatic carbocycles. The molecule has 56 valence electrons. The molecule has 0 fully saturated rings. The number of nitrogens with one attached hydrogen (secondary N) is 1. The molecule has 0 radical (unpaired) electrons. The predicted molar refractivity (Wildman–Crippen MR) is 44.3 cm³/mol. The van der Waals surface area contributed by atoms with E-state index >= 15 is 0 Å². The molecule has 11 heavy (non-hydrogen) atoms. The zero-order chi connectivity index (χ0) is 8.10. The van der Waals surface area contributed by atoms with Crippen molar-refractivity contribution in [1.29, 1.82) is 5.41 Å². The van der Waals surface area contributed by atoms with Crippen LogP contribution in [0.15, 0.2) is 24.3 Å². The largest absolute Gasteiger partial charge is 0.313 e. The molecule has 1 N–H and O–H groups in total. The fourth-order valence-corrected chi connectivity index (χ4v) is 0.850. The van der Waals surface area contributed by atoms with Gasteiger partial charge in [0.2, 0.25) is 0 Å². The van der Waals surface area contributed by atoms with Crippen molar-refractivity contribution in [3.8, 4) is 0 Å². The summed E-state index contributed by atoms with van der Waals surface area (Å²) in [5.74, 6) is 0. The van der Waals surface area contributed by atoms with Crippen molar-refractivity contribution in [2.75, 3.05) is 0 Å². The molecule has 0 aliphatic rings. The lowest BCUT2D eigenvalue weighted by Gasteiger charge is -1.94. The smallest absolute Gasteiger partial charge is 0.150 e. The predicted octanol–water partition coefficient (Wildman–Crippen LogP) is 1.69. The molecule has 0 aromatic heterocycles. The zero-order valence-corrected chi connectivity index (χ0v) is 6.08. The first kappa shape index (κ1) is 7.66. The van der Waals surface area contributed by atoms with Crippen LogP contribution in [0.5, 0.6) is 0 Å². The van der Waals surface area contributed by atoms with Gasteiger partial charge < -0.3 is 5.41 Å². The first-order chi connectivity index (χ1) is 5.36. The Labute approximate surface area is 65.4 Å². The van der Waals surface area contributed by atoms with E-state index in [1.807, 2.05) is 12.1 Å². The van der Waals surface area contributed by atoms with E-state index in [4.69, 9.17) is 5.41 Å². The number of hydrogen-bond acceptors (Lipinski definition) is 2. The highest BCUT2D eigenvalue weighted by atomic mass is 16.1. The molecule has 0 unspecified atom stereocenters. The number of carbonyl (C=O) groups is 1. The Morgan fingerprint density at radius 2 is 1.91 bits per heavy atom. The van der Waals surface area contributed by atoms with E-state index in [-0.39, 0.29) is 0 Å². The molecule has 0 aliphatic heterocycles. The maximum absolute atomic E-state index is 10.2. The van der Waals surface area contributed by atoms with Gasteiger partial charge in [0.25, 0.3) is 0 Å². The molecule has 0 saturated heterocycles. The highest BCUT2D eigenvalue weighted by Crippen LogP contribution is 2.01. The van der Waals surface area contributed by atoms with Crippen LogP contribution in [-0.4, -0.2) is 12.5 Å². The van der Waals surface area contributed by atoms with Gasteiger partial charge in [-0.05, 0) is 11.8 Å². The summed E-state index contributed by atoms with van der Waals surface area (Å²) in [4.78, 5) is 10.2. The number of rotatable bonds is 3. The van der Waals surface area contributed by atoms with Gasteiger partial charge >= 0.3 is 0 Å². The number of benzene rings is 1. The van der Waals surface area contributed by atoms with Crippen molar-refractivity contribution in [2.24, 2.45) is 0 Å². The summed E-state index contributed by atoms with van der Waals surface area (Å²) in [6, 6.07) is 7.22. The lowest BCUT2D eigenvalue weighted by Crippen LogP contribution is -1.85. The van der Waals surface area contributed by atoms with Crippen LogP contribution in [0.1, 0.15) is 15.9 Å². The van der Waals surface area contributed by atoms with E-state index in [1.54, 1.807) is 12.1 Å². The normalized spacial score (nSPS) is 9.09. The lowest BCUT2D eigenvalue weighted by atomic mass is 10.1. The zero-order valence-electron chi connectivity index (χ0n) is 6.08. The van der Waals surface area contributed by atoms with Crippen molar-refractivity contribution in [1.82, 2.24) is 0 Å². The van der Waals surface area contributed by atoms with Crippen LogP contribution < -0.4 is 0 Å². The molecule has 1 rings (SSSR count). The molecule has 0 heterocycles. The van der Waals surface area contributed by atoms with Crippen LogP contribution in [-0.2, 0) is 6.42 Å². The van der Waals surface area contributed by atoms with Gasteiger partial charge in [-0.2, -0.15) is 0 Å². The summed E-state index contributed by atoms with van der Waals surface area (Å²) in [5, 5.41) is 6.84. The summed E-state index contributed by atoms with van der Waals surface area (Å²) in [7, 11) is 0. The van der Waals surface area contributed by atoms with Gasteiger partial charge in [-0.25, -0.2) is 0 Å². The Bertz CT molecular complexity index is 251. The first-order valence-electron chi connectivity index (χ1n) is 3.40. The van der Waals surface area contributed by atoms with E-state index in [1.165, 1.54) is 6.21 Å². The van der Waals surface area contributed by atoms with Gasteiger partial charge in [-0.15, -0.1) is 0 Å². The van der Waals surface area contributed by atoms with E-state index in [2.05, 4.69) is 0 Å². The van der Waals surface area contributed by atoms with Crippen molar-refractivity contribution >= 4 is 12.5 Å². The highest BCUT2D eigenvalue weighted by Gasteiger charge is 1.90. The van der Waals surface area contributed by atoms with Crippen molar-refractivity contribution < 1.29 is 4.79 Å². The highest BCUT2D eigenvalue weighted by molar-refractivity contribution is 5.74. The monoisotopic (exact) mass is 147 g/mol. The minimum Gasteiger partial charge on any atom is -0.313 e. The molecule has 0 saturated carbocycles. The summed E-state index contributed by atoms with van der Waals surface area (Å²) >= 11 is 0. The van der Waals surface area contributed by atoms with Gasteiger partial charge in [-0.1, -0.05) is 24.3 Å². The van der Waals surface area contributed by atoms with Crippen LogP contribution in [0.3, 0.4) is 0 Å². The third-order valence-corrected chi connectivity index (χ3v) is 1.45. The fourth-order valence-electron chi connectivity index (χ4n) is 0.850. The molecule has 0 aliphatic carbocycles. The van der Waals surface area contributed by atoms with Crippen molar-refractivity contribution in [3.63, 3.8) is 0 Å². The van der Waals surface area contributed by atoms with E-state index in [0.29, 0.717) is 12.0 Å². The maximum atomic E-state index is 10.2. The molecule has 0 bridgehead atoms. The van der Waals surface area contributed by atoms with Crippen LogP contribution in [0.2, 0.25) is 0 Å². The molecular formula is C9H9NO. The molecule has 0 spiro atoms. The average Bonchev–Trinajstić information content (AvgIpc) is 2.07. The standard InChI is InChI=1S/C9H9NO/c10-6-5-8-1-3-9(7-11)4-2-8/h1-4,6-7,10H,5H2. The third-order valence-electron chi connectivity index (χ3n) is 1.45. The Morgan fingerprint density at radius 3 is 2.36 bits per heavy atom. The SMILES string of the molecule is N=CCc1ccc(C=O)cc1. The second kappa shape index (κ2) is 3.66. The Morgan fingerprint density at radius 1 is 1.27 bits per heavy atom. The van der Waals surface area contributed by atoms with E-state index in [0.717, 1.165) is 11.8 Å². The molecular weight excluding hydrogens is 138 g/mol. The summed E-state index contributed by atoms with van der Waals surface area (Å²) in [6.07, 6.45) is 2.79. The average molecular weight is 147 g/mol. The van der Waals surface area contributed by atoms with Crippen molar-refractivity contribution in [2.45, 2.75) is 6.42 Å². The van der Waals surface area contributed by atoms with Gasteiger partial charge in [0.1, 0.15) is 6.29 Å². The van der Waals surface area contributed by atoms with Gasteiger partial charge in [-0.3, -0.25) is 4.79 Å². The minimum absolute atomic E-state index is 0.638. The molecule has 2 nitrogen and oxygen atoms in total. The first-order valence-corrected chi connectivity index (χ1v) is 3.40. The Kier molecular flexibility index (Phi) is 2.55. The second-order valence-corrected chi connectivity index (χ2v) is 2.27. The second-order valence-electron chi connectivity index (χ2n) is 2.27. The fraction of sp³-hybridized carbons (Fsp3) is 0.111. The van der Waals surface area contributed by atoms with Crippen LogP contribution in [0, 0.1) is 5.41 Å². The summed E-state index contributed by atoms with van der Waals surface area (Å²) in [6.45, 7) is 0. The molecule has 0 amide bonds. The maximum Gasteiger partial charge on any atom is 0.150 e. The number of carbonyl (C=O) groups excluding carboxylic acids is 1. The van der Waals surface area contributed by atoms with Gasteiger partial charge in [0.15, 0.2) is 0 Å². The molecule has 0 atom stereocenters. The number of hydrogen-bond donors (Lipinski definition) is 1. The van der Waals surface area contributed by atoms with E-state index in [9.17, 15) is 4.79 Å². The van der Waals surface area contributed by atoms with Crippen molar-refractivity contribution in [3.05, 3.63) is 35.4 Å². The quantitative estimate of drug-likeness (QED) is 0.513.